The Kier molecular flexibility index (Phi) is 10.9. The highest BCUT2D eigenvalue weighted by molar-refractivity contribution is 5.79. The van der Waals surface area contributed by atoms with Crippen molar-refractivity contribution in [2.45, 2.75) is 70.4 Å². The van der Waals surface area contributed by atoms with Crippen LogP contribution >= 0.6 is 0 Å². The minimum atomic E-state index is -0.582. The minimum absolute atomic E-state index is 0.0211. The van der Waals surface area contributed by atoms with E-state index in [2.05, 4.69) is 16.6 Å². The number of carbonyl (C=O) groups excluding carboxylic acids is 2. The maximum Gasteiger partial charge on any atom is 0.305 e. The quantitative estimate of drug-likeness (QED) is 0.251. The Hall–Kier alpha value is -2.58. The normalized spacial score (nSPS) is 18.0. The van der Waals surface area contributed by atoms with Crippen LogP contribution in [0.4, 0.5) is 0 Å². The number of nitrogens with zero attached hydrogens (tertiary/aromatic N) is 1. The van der Waals surface area contributed by atoms with Crippen molar-refractivity contribution in [1.29, 1.82) is 0 Å². The molecule has 5 heteroatoms. The lowest BCUT2D eigenvalue weighted by molar-refractivity contribution is -0.140. The molecule has 1 unspecified atom stereocenters. The molecule has 1 N–H and O–H groups in total. The van der Waals surface area contributed by atoms with Crippen molar-refractivity contribution in [3.05, 3.63) is 48.0 Å². The number of carbonyl (C=O) groups is 2. The average Bonchev–Trinajstić information content (AvgIpc) is 3.14. The van der Waals surface area contributed by atoms with Crippen LogP contribution in [-0.2, 0) is 14.3 Å². The minimum Gasteiger partial charge on any atom is -0.469 e. The van der Waals surface area contributed by atoms with Gasteiger partial charge in [-0.15, -0.1) is 0 Å². The van der Waals surface area contributed by atoms with Crippen molar-refractivity contribution in [3.8, 4) is 11.8 Å². The van der Waals surface area contributed by atoms with Crippen LogP contribution in [0.25, 0.3) is 0 Å². The first-order chi connectivity index (χ1) is 15.0. The summed E-state index contributed by atoms with van der Waals surface area (Å²) in [4.78, 5) is 25.3. The third kappa shape index (κ3) is 8.98. The predicted molar refractivity (Wildman–Crippen MR) is 122 cm³/mol. The van der Waals surface area contributed by atoms with E-state index >= 15 is 0 Å². The fraction of sp³-hybridized carbons (Fsp3) is 0.538. The molecule has 0 bridgehead atoms. The highest BCUT2D eigenvalue weighted by Gasteiger charge is 2.28. The highest BCUT2D eigenvalue weighted by Crippen LogP contribution is 2.22. The standard InChI is InChI=1S/C26H35NO4/c1-21(11-10-14-22-12-6-5-7-13-22)24(28)18-16-23-17-19-25(29)27(23)20-9-4-3-8-15-26(30)31-2/h5-7,12-13,16,18,21,23-24,28H,3-4,8-9,11,15,17,19-20H2,1-2H3/t21-,23?,24+/m0/s1. The van der Waals surface area contributed by atoms with Crippen LogP contribution in [0.1, 0.15) is 63.9 Å². The summed E-state index contributed by atoms with van der Waals surface area (Å²) >= 11 is 0. The molecule has 0 aromatic heterocycles. The van der Waals surface area contributed by atoms with Crippen molar-refractivity contribution in [2.75, 3.05) is 13.7 Å². The molecule has 1 amide bonds. The fourth-order valence-electron chi connectivity index (χ4n) is 3.64. The Morgan fingerprint density at radius 1 is 1.26 bits per heavy atom. The molecule has 2 rings (SSSR count). The summed E-state index contributed by atoms with van der Waals surface area (Å²) in [5.41, 5.74) is 0.977. The monoisotopic (exact) mass is 425 g/mol. The molecule has 1 saturated heterocycles. The third-order valence-electron chi connectivity index (χ3n) is 5.68. The zero-order valence-electron chi connectivity index (χ0n) is 18.8. The molecule has 1 fully saturated rings. The summed E-state index contributed by atoms with van der Waals surface area (Å²) in [7, 11) is 1.41. The van der Waals surface area contributed by atoms with E-state index in [1.54, 1.807) is 0 Å². The predicted octanol–water partition coefficient (Wildman–Crippen LogP) is 4.10. The molecule has 1 aromatic carbocycles. The smallest absolute Gasteiger partial charge is 0.305 e. The Labute approximate surface area is 186 Å². The van der Waals surface area contributed by atoms with Gasteiger partial charge in [0.1, 0.15) is 0 Å². The zero-order chi connectivity index (χ0) is 22.5. The Bertz CT molecular complexity index is 778. The summed E-state index contributed by atoms with van der Waals surface area (Å²) in [6.45, 7) is 2.71. The van der Waals surface area contributed by atoms with Crippen LogP contribution in [0.3, 0.4) is 0 Å². The van der Waals surface area contributed by atoms with Gasteiger partial charge in [0.25, 0.3) is 0 Å². The van der Waals surface area contributed by atoms with Crippen LogP contribution in [0, 0.1) is 17.8 Å². The lowest BCUT2D eigenvalue weighted by Gasteiger charge is -2.23. The number of hydrogen-bond acceptors (Lipinski definition) is 4. The van der Waals surface area contributed by atoms with Gasteiger partial charge >= 0.3 is 5.97 Å². The molecular weight excluding hydrogens is 390 g/mol. The molecule has 168 valence electrons. The van der Waals surface area contributed by atoms with E-state index in [0.29, 0.717) is 19.3 Å². The van der Waals surface area contributed by atoms with Crippen molar-refractivity contribution < 1.29 is 19.4 Å². The van der Waals surface area contributed by atoms with E-state index < -0.39 is 6.10 Å². The lowest BCUT2D eigenvalue weighted by Crippen LogP contribution is -2.33. The topological polar surface area (TPSA) is 66.8 Å². The van der Waals surface area contributed by atoms with Crippen LogP contribution < -0.4 is 0 Å². The molecule has 3 atom stereocenters. The summed E-state index contributed by atoms with van der Waals surface area (Å²) in [5.74, 6) is 6.30. The molecule has 1 aliphatic heterocycles. The number of rotatable bonds is 11. The van der Waals surface area contributed by atoms with E-state index in [9.17, 15) is 14.7 Å². The Morgan fingerprint density at radius 2 is 2.00 bits per heavy atom. The largest absolute Gasteiger partial charge is 0.469 e. The van der Waals surface area contributed by atoms with Crippen LogP contribution in [0.2, 0.25) is 0 Å². The van der Waals surface area contributed by atoms with Gasteiger partial charge in [-0.05, 0) is 37.3 Å². The van der Waals surface area contributed by atoms with Crippen molar-refractivity contribution in [1.82, 2.24) is 4.90 Å². The van der Waals surface area contributed by atoms with Crippen LogP contribution in [0.5, 0.6) is 0 Å². The number of benzene rings is 1. The van der Waals surface area contributed by atoms with Crippen LogP contribution in [0.15, 0.2) is 42.5 Å². The first-order valence-corrected chi connectivity index (χ1v) is 11.3. The van der Waals surface area contributed by atoms with Gasteiger partial charge in [-0.25, -0.2) is 0 Å². The second-order valence-corrected chi connectivity index (χ2v) is 8.16. The first kappa shape index (κ1) is 24.7. The van der Waals surface area contributed by atoms with Gasteiger partial charge in [-0.1, -0.05) is 62.0 Å². The molecule has 1 aromatic rings. The molecule has 5 nitrogen and oxygen atoms in total. The lowest BCUT2D eigenvalue weighted by atomic mass is 9.99. The number of aliphatic hydroxyl groups is 1. The molecule has 31 heavy (non-hydrogen) atoms. The summed E-state index contributed by atoms with van der Waals surface area (Å²) in [6, 6.07) is 9.88. The van der Waals surface area contributed by atoms with Gasteiger partial charge in [0, 0.05) is 31.4 Å². The summed E-state index contributed by atoms with van der Waals surface area (Å²) in [5, 5.41) is 10.5. The number of likely N-dealkylation sites (tertiary alicyclic amines) is 1. The van der Waals surface area contributed by atoms with Gasteiger partial charge in [-0.2, -0.15) is 0 Å². The average molecular weight is 426 g/mol. The first-order valence-electron chi connectivity index (χ1n) is 11.3. The third-order valence-corrected chi connectivity index (χ3v) is 5.68. The summed E-state index contributed by atoms with van der Waals surface area (Å²) < 4.78 is 4.64. The van der Waals surface area contributed by atoms with E-state index in [4.69, 9.17) is 0 Å². The molecule has 0 aliphatic carbocycles. The second kappa shape index (κ2) is 13.7. The second-order valence-electron chi connectivity index (χ2n) is 8.16. The van der Waals surface area contributed by atoms with Gasteiger partial charge in [0.05, 0.1) is 19.3 Å². The maximum absolute atomic E-state index is 12.2. The highest BCUT2D eigenvalue weighted by atomic mass is 16.5. The van der Waals surface area contributed by atoms with Gasteiger partial charge < -0.3 is 14.7 Å². The van der Waals surface area contributed by atoms with Gasteiger partial charge in [-0.3, -0.25) is 9.59 Å². The number of esters is 1. The van der Waals surface area contributed by atoms with Crippen LogP contribution in [-0.4, -0.2) is 47.7 Å². The van der Waals surface area contributed by atoms with E-state index in [1.807, 2.05) is 54.3 Å². The SMILES string of the molecule is COC(=O)CCCCCCN1C(=O)CCC1C=C[C@@H](O)[C@@H](C)CC#Cc1ccccc1. The number of hydrogen-bond donors (Lipinski definition) is 1. The molecule has 0 radical (unpaired) electrons. The molecule has 0 saturated carbocycles. The molecule has 1 aliphatic rings. The molecule has 1 heterocycles. The molecular formula is C26H35NO4. The number of amides is 1. The van der Waals surface area contributed by atoms with E-state index in [0.717, 1.165) is 44.2 Å². The molecule has 0 spiro atoms. The number of aliphatic hydroxyl groups excluding tert-OH is 1. The van der Waals surface area contributed by atoms with Gasteiger partial charge in [0.15, 0.2) is 0 Å². The fourth-order valence-corrected chi connectivity index (χ4v) is 3.64. The maximum atomic E-state index is 12.2. The van der Waals surface area contributed by atoms with Crippen molar-refractivity contribution in [3.63, 3.8) is 0 Å². The zero-order valence-corrected chi connectivity index (χ0v) is 18.8. The van der Waals surface area contributed by atoms with Crippen molar-refractivity contribution in [2.24, 2.45) is 5.92 Å². The number of unbranched alkanes of at least 4 members (excludes halogenated alkanes) is 3. The summed E-state index contributed by atoms with van der Waals surface area (Å²) in [6.07, 6.45) is 9.32. The van der Waals surface area contributed by atoms with E-state index in [-0.39, 0.29) is 23.8 Å². The number of ether oxygens (including phenoxy) is 1. The van der Waals surface area contributed by atoms with E-state index in [1.165, 1.54) is 7.11 Å². The Balaban J connectivity index is 1.74. The Morgan fingerprint density at radius 3 is 2.74 bits per heavy atom. The van der Waals surface area contributed by atoms with Crippen molar-refractivity contribution >= 4 is 11.9 Å². The number of methoxy groups -OCH3 is 1. The van der Waals surface area contributed by atoms with Gasteiger partial charge in [0.2, 0.25) is 5.91 Å².